The van der Waals surface area contributed by atoms with Gasteiger partial charge < -0.3 is 9.88 Å². The Morgan fingerprint density at radius 2 is 1.91 bits per heavy atom. The topological polar surface area (TPSA) is 64.0 Å². The molecule has 0 saturated carbocycles. The van der Waals surface area contributed by atoms with Crippen molar-refractivity contribution in [2.24, 2.45) is 0 Å². The third-order valence-electron chi connectivity index (χ3n) is 5.50. The maximum Gasteiger partial charge on any atom is 0.257 e. The number of carbonyl (C=O) groups is 2. The number of thioether (sulfide) groups is 1. The average molecular weight is 452 g/mol. The van der Waals surface area contributed by atoms with E-state index in [0.717, 1.165) is 22.6 Å². The second-order valence-electron chi connectivity index (χ2n) is 7.68. The Balaban J connectivity index is 1.31. The number of hydrogen-bond donors (Lipinski definition) is 1. The first-order valence-electron chi connectivity index (χ1n) is 10.6. The Labute approximate surface area is 196 Å². The fourth-order valence-electron chi connectivity index (χ4n) is 3.86. The van der Waals surface area contributed by atoms with E-state index in [-0.39, 0.29) is 17.1 Å². The fraction of sp³-hybridized carbons (Fsp3) is 0.0741. The van der Waals surface area contributed by atoms with Crippen LogP contribution in [0, 0.1) is 0 Å². The summed E-state index contributed by atoms with van der Waals surface area (Å²) in [6.07, 6.45) is 8.91. The molecule has 1 aliphatic rings. The lowest BCUT2D eigenvalue weighted by Gasteiger charge is -2.12. The lowest BCUT2D eigenvalue weighted by molar-refractivity contribution is 0.102. The number of aromatic nitrogens is 2. The second-order valence-corrected chi connectivity index (χ2v) is 8.74. The van der Waals surface area contributed by atoms with Gasteiger partial charge in [0.05, 0.1) is 5.56 Å². The zero-order valence-electron chi connectivity index (χ0n) is 17.7. The SMILES string of the molecule is O=C(/C=C/c1ccccc1)c1cccc(NC(=O)c2ccn3c2CSC3c2cccnc2)c1. The largest absolute Gasteiger partial charge is 0.333 e. The molecule has 162 valence electrons. The predicted molar refractivity (Wildman–Crippen MR) is 132 cm³/mol. The first kappa shape index (κ1) is 21.0. The number of rotatable bonds is 6. The smallest absolute Gasteiger partial charge is 0.257 e. The molecule has 0 bridgehead atoms. The number of amides is 1. The van der Waals surface area contributed by atoms with E-state index in [1.807, 2.05) is 60.9 Å². The summed E-state index contributed by atoms with van der Waals surface area (Å²) in [7, 11) is 0. The Morgan fingerprint density at radius 1 is 1.03 bits per heavy atom. The maximum absolute atomic E-state index is 13.0. The molecule has 0 radical (unpaired) electrons. The van der Waals surface area contributed by atoms with Crippen molar-refractivity contribution in [3.05, 3.63) is 125 Å². The first-order valence-corrected chi connectivity index (χ1v) is 11.6. The molecule has 33 heavy (non-hydrogen) atoms. The van der Waals surface area contributed by atoms with E-state index >= 15 is 0 Å². The van der Waals surface area contributed by atoms with Gasteiger partial charge in [0.15, 0.2) is 5.78 Å². The van der Waals surface area contributed by atoms with Gasteiger partial charge in [0.25, 0.3) is 5.91 Å². The van der Waals surface area contributed by atoms with Crippen LogP contribution >= 0.6 is 11.8 Å². The minimum absolute atomic E-state index is 0.115. The van der Waals surface area contributed by atoms with Crippen molar-refractivity contribution in [3.8, 4) is 0 Å². The van der Waals surface area contributed by atoms with E-state index in [0.29, 0.717) is 16.8 Å². The van der Waals surface area contributed by atoms with Gasteiger partial charge in [-0.25, -0.2) is 0 Å². The average Bonchev–Trinajstić information content (AvgIpc) is 3.46. The van der Waals surface area contributed by atoms with Crippen LogP contribution < -0.4 is 5.32 Å². The number of benzene rings is 2. The lowest BCUT2D eigenvalue weighted by atomic mass is 10.1. The van der Waals surface area contributed by atoms with Gasteiger partial charge in [-0.05, 0) is 35.9 Å². The molecule has 2 aromatic heterocycles. The first-order chi connectivity index (χ1) is 16.2. The van der Waals surface area contributed by atoms with Gasteiger partial charge in [-0.1, -0.05) is 54.6 Å². The van der Waals surface area contributed by atoms with Gasteiger partial charge in [-0.3, -0.25) is 14.6 Å². The van der Waals surface area contributed by atoms with Crippen LogP contribution in [-0.4, -0.2) is 21.2 Å². The summed E-state index contributed by atoms with van der Waals surface area (Å²) in [5, 5.41) is 3.07. The number of allylic oxidation sites excluding steroid dienone is 1. The molecule has 6 heteroatoms. The number of fused-ring (bicyclic) bond motifs is 1. The van der Waals surface area contributed by atoms with Crippen LogP contribution in [0.5, 0.6) is 0 Å². The molecular formula is C27H21N3O2S. The summed E-state index contributed by atoms with van der Waals surface area (Å²) in [4.78, 5) is 29.8. The standard InChI is InChI=1S/C27H21N3O2S/c31-25(12-11-19-6-2-1-3-7-19)20-8-4-10-22(16-20)29-26(32)23-13-15-30-24(23)18-33-27(30)21-9-5-14-28-17-21/h1-17,27H,18H2,(H,29,32)/b12-11+. The molecule has 5 rings (SSSR count). The van der Waals surface area contributed by atoms with Crippen LogP contribution in [0.4, 0.5) is 5.69 Å². The van der Waals surface area contributed by atoms with Gasteiger partial charge in [0.2, 0.25) is 0 Å². The molecule has 3 heterocycles. The highest BCUT2D eigenvalue weighted by Crippen LogP contribution is 2.41. The van der Waals surface area contributed by atoms with E-state index < -0.39 is 0 Å². The Morgan fingerprint density at radius 3 is 2.73 bits per heavy atom. The van der Waals surface area contributed by atoms with Crippen molar-refractivity contribution in [2.45, 2.75) is 11.1 Å². The summed E-state index contributed by atoms with van der Waals surface area (Å²) >= 11 is 1.77. The van der Waals surface area contributed by atoms with E-state index in [4.69, 9.17) is 0 Å². The van der Waals surface area contributed by atoms with Gasteiger partial charge in [-0.2, -0.15) is 0 Å². The van der Waals surface area contributed by atoms with Gasteiger partial charge in [-0.15, -0.1) is 11.8 Å². The minimum atomic E-state index is -0.180. The zero-order valence-corrected chi connectivity index (χ0v) is 18.5. The van der Waals surface area contributed by atoms with Crippen molar-refractivity contribution in [1.82, 2.24) is 9.55 Å². The van der Waals surface area contributed by atoms with Crippen molar-refractivity contribution in [2.75, 3.05) is 5.32 Å². The van der Waals surface area contributed by atoms with Crippen LogP contribution in [0.1, 0.15) is 42.9 Å². The van der Waals surface area contributed by atoms with E-state index in [1.165, 1.54) is 0 Å². The summed E-state index contributed by atoms with van der Waals surface area (Å²) in [6.45, 7) is 0. The van der Waals surface area contributed by atoms with Crippen LogP contribution in [-0.2, 0) is 5.75 Å². The molecule has 4 aromatic rings. The Hall–Kier alpha value is -3.90. The molecule has 1 aliphatic heterocycles. The summed E-state index contributed by atoms with van der Waals surface area (Å²) in [5.74, 6) is 0.453. The highest BCUT2D eigenvalue weighted by Gasteiger charge is 2.28. The quantitative estimate of drug-likeness (QED) is 0.296. The molecule has 5 nitrogen and oxygen atoms in total. The van der Waals surface area contributed by atoms with Gasteiger partial charge in [0, 0.05) is 46.9 Å². The number of ketones is 1. The predicted octanol–water partition coefficient (Wildman–Crippen LogP) is 5.83. The number of hydrogen-bond acceptors (Lipinski definition) is 4. The van der Waals surface area contributed by atoms with Gasteiger partial charge in [0.1, 0.15) is 5.37 Å². The van der Waals surface area contributed by atoms with Crippen LogP contribution in [0.2, 0.25) is 0 Å². The molecule has 1 atom stereocenters. The van der Waals surface area contributed by atoms with E-state index in [2.05, 4.69) is 14.9 Å². The van der Waals surface area contributed by atoms with Crippen molar-refractivity contribution < 1.29 is 9.59 Å². The summed E-state index contributed by atoms with van der Waals surface area (Å²) < 4.78 is 2.13. The minimum Gasteiger partial charge on any atom is -0.333 e. The molecular weight excluding hydrogens is 430 g/mol. The van der Waals surface area contributed by atoms with E-state index in [9.17, 15) is 9.59 Å². The number of carbonyl (C=O) groups excluding carboxylic acids is 2. The Bertz CT molecular complexity index is 1330. The second kappa shape index (κ2) is 9.30. The normalized spacial score (nSPS) is 14.8. The number of nitrogens with zero attached hydrogens (tertiary/aromatic N) is 2. The Kier molecular flexibility index (Phi) is 5.91. The number of pyridine rings is 1. The van der Waals surface area contributed by atoms with E-state index in [1.54, 1.807) is 54.4 Å². The molecule has 1 amide bonds. The third kappa shape index (κ3) is 4.52. The van der Waals surface area contributed by atoms with Crippen LogP contribution in [0.15, 0.2) is 97.5 Å². The van der Waals surface area contributed by atoms with Crippen molar-refractivity contribution in [1.29, 1.82) is 0 Å². The zero-order chi connectivity index (χ0) is 22.6. The third-order valence-corrected chi connectivity index (χ3v) is 6.76. The monoisotopic (exact) mass is 451 g/mol. The summed E-state index contributed by atoms with van der Waals surface area (Å²) in [5.41, 5.74) is 4.82. The number of anilines is 1. The molecule has 2 aromatic carbocycles. The molecule has 1 N–H and O–H groups in total. The number of nitrogens with one attached hydrogen (secondary N) is 1. The molecule has 0 saturated heterocycles. The fourth-order valence-corrected chi connectivity index (χ4v) is 5.17. The van der Waals surface area contributed by atoms with Gasteiger partial charge >= 0.3 is 0 Å². The van der Waals surface area contributed by atoms with Crippen LogP contribution in [0.25, 0.3) is 6.08 Å². The summed E-state index contributed by atoms with van der Waals surface area (Å²) in [6, 6.07) is 22.5. The van der Waals surface area contributed by atoms with Crippen LogP contribution in [0.3, 0.4) is 0 Å². The molecule has 0 fully saturated rings. The highest BCUT2D eigenvalue weighted by molar-refractivity contribution is 7.99. The van der Waals surface area contributed by atoms with Crippen molar-refractivity contribution >= 4 is 35.2 Å². The molecule has 1 unspecified atom stereocenters. The highest BCUT2D eigenvalue weighted by atomic mass is 32.2. The molecule has 0 spiro atoms. The lowest BCUT2D eigenvalue weighted by Crippen LogP contribution is -2.13. The molecule has 0 aliphatic carbocycles. The maximum atomic E-state index is 13.0. The van der Waals surface area contributed by atoms with Crippen molar-refractivity contribution in [3.63, 3.8) is 0 Å².